The minimum absolute atomic E-state index is 0.914. The van der Waals surface area contributed by atoms with Crippen LogP contribution in [-0.4, -0.2) is 26.9 Å². The Morgan fingerprint density at radius 1 is 1.23 bits per heavy atom. The Balaban J connectivity index is 2.36. The lowest BCUT2D eigenvalue weighted by molar-refractivity contribution is 0.810. The van der Waals surface area contributed by atoms with E-state index in [1.807, 2.05) is 0 Å². The molecule has 118 valence electrons. The van der Waals surface area contributed by atoms with Crippen molar-refractivity contribution in [3.8, 4) is 0 Å². The summed E-state index contributed by atoms with van der Waals surface area (Å²) < 4.78 is 0. The first-order chi connectivity index (χ1) is 10.5. The molecule has 0 bridgehead atoms. The van der Waals surface area contributed by atoms with Crippen molar-refractivity contribution in [1.29, 1.82) is 0 Å². The highest BCUT2D eigenvalue weighted by molar-refractivity contribution is 5.92. The normalized spacial score (nSPS) is 14.9. The van der Waals surface area contributed by atoms with E-state index in [0.717, 1.165) is 19.4 Å². The summed E-state index contributed by atoms with van der Waals surface area (Å²) in [6.07, 6.45) is 7.76. The van der Waals surface area contributed by atoms with Gasteiger partial charge in [-0.1, -0.05) is 31.1 Å². The Kier molecular flexibility index (Phi) is 5.59. The van der Waals surface area contributed by atoms with Crippen LogP contribution in [0.3, 0.4) is 0 Å². The summed E-state index contributed by atoms with van der Waals surface area (Å²) in [4.78, 5) is 6.77. The molecule has 0 fully saturated rings. The fourth-order valence-corrected chi connectivity index (χ4v) is 2.86. The number of aliphatic imine (C=N–C) groups is 1. The summed E-state index contributed by atoms with van der Waals surface area (Å²) in [5.74, 6) is 0. The molecule has 0 N–H and O–H groups in total. The van der Waals surface area contributed by atoms with Crippen LogP contribution in [-0.2, 0) is 0 Å². The first-order valence-electron chi connectivity index (χ1n) is 8.21. The molecular formula is C20H28N2. The van der Waals surface area contributed by atoms with Crippen molar-refractivity contribution >= 4 is 17.5 Å². The molecule has 0 heterocycles. The number of hydrogen-bond donors (Lipinski definition) is 0. The van der Waals surface area contributed by atoms with Gasteiger partial charge >= 0.3 is 0 Å². The molecule has 0 aromatic heterocycles. The van der Waals surface area contributed by atoms with E-state index >= 15 is 0 Å². The lowest BCUT2D eigenvalue weighted by Crippen LogP contribution is -2.09. The predicted molar refractivity (Wildman–Crippen MR) is 99.1 cm³/mol. The maximum atomic E-state index is 4.62. The third-order valence-corrected chi connectivity index (χ3v) is 4.14. The van der Waals surface area contributed by atoms with Crippen LogP contribution >= 0.6 is 0 Å². The topological polar surface area (TPSA) is 15.6 Å². The molecule has 2 nitrogen and oxygen atoms in total. The van der Waals surface area contributed by atoms with Gasteiger partial charge in [0, 0.05) is 38.1 Å². The number of allylic oxidation sites excluding steroid dienone is 4. The van der Waals surface area contributed by atoms with Crippen LogP contribution in [0.15, 0.2) is 40.4 Å². The minimum Gasteiger partial charge on any atom is -0.378 e. The second-order valence-electron chi connectivity index (χ2n) is 6.38. The fourth-order valence-electron chi connectivity index (χ4n) is 2.86. The zero-order valence-electron chi connectivity index (χ0n) is 14.6. The highest BCUT2D eigenvalue weighted by Crippen LogP contribution is 2.35. The van der Waals surface area contributed by atoms with Gasteiger partial charge in [-0.25, -0.2) is 0 Å². The van der Waals surface area contributed by atoms with Crippen molar-refractivity contribution in [3.63, 3.8) is 0 Å². The Bertz CT molecular complexity index is 619. The summed E-state index contributed by atoms with van der Waals surface area (Å²) >= 11 is 0. The summed E-state index contributed by atoms with van der Waals surface area (Å²) in [6, 6.07) is 6.70. The molecule has 22 heavy (non-hydrogen) atoms. The summed E-state index contributed by atoms with van der Waals surface area (Å²) in [5, 5.41) is 0. The summed E-state index contributed by atoms with van der Waals surface area (Å²) in [6.45, 7) is 7.54. The third kappa shape index (κ3) is 3.88. The summed E-state index contributed by atoms with van der Waals surface area (Å²) in [7, 11) is 4.16. The Morgan fingerprint density at radius 3 is 2.59 bits per heavy atom. The average molecular weight is 296 g/mol. The van der Waals surface area contributed by atoms with Crippen LogP contribution in [0.4, 0.5) is 5.69 Å². The number of hydrogen-bond acceptors (Lipinski definition) is 2. The largest absolute Gasteiger partial charge is 0.378 e. The number of anilines is 1. The van der Waals surface area contributed by atoms with E-state index in [9.17, 15) is 0 Å². The number of benzene rings is 1. The first-order valence-corrected chi connectivity index (χ1v) is 8.21. The monoisotopic (exact) mass is 296 g/mol. The van der Waals surface area contributed by atoms with E-state index in [1.54, 1.807) is 0 Å². The zero-order chi connectivity index (χ0) is 16.1. The summed E-state index contributed by atoms with van der Waals surface area (Å²) in [5.41, 5.74) is 8.06. The number of nitrogens with zero attached hydrogens (tertiary/aromatic N) is 2. The van der Waals surface area contributed by atoms with Gasteiger partial charge in [0.2, 0.25) is 0 Å². The van der Waals surface area contributed by atoms with Crippen molar-refractivity contribution in [2.75, 3.05) is 25.5 Å². The van der Waals surface area contributed by atoms with E-state index in [2.05, 4.69) is 75.2 Å². The standard InChI is InChI=1S/C20H28N2/c1-6-7-10-21-14-17-13-18(22(4)5)8-9-19(17)20-12-15(2)11-16(20)3/h8-9,11,13-14H,6-7,10,12H2,1-5H3. The lowest BCUT2D eigenvalue weighted by Gasteiger charge is -2.16. The van der Waals surface area contributed by atoms with Gasteiger partial charge in [-0.15, -0.1) is 0 Å². The van der Waals surface area contributed by atoms with Crippen LogP contribution in [0, 0.1) is 0 Å². The van der Waals surface area contributed by atoms with Gasteiger partial charge < -0.3 is 4.90 Å². The minimum atomic E-state index is 0.914. The van der Waals surface area contributed by atoms with Gasteiger partial charge in [-0.2, -0.15) is 0 Å². The first kappa shape index (κ1) is 16.5. The quantitative estimate of drug-likeness (QED) is 0.527. The van der Waals surface area contributed by atoms with Gasteiger partial charge in [0.25, 0.3) is 0 Å². The molecule has 2 heteroatoms. The van der Waals surface area contributed by atoms with Crippen LogP contribution in [0.5, 0.6) is 0 Å². The number of rotatable bonds is 6. The van der Waals surface area contributed by atoms with Crippen molar-refractivity contribution in [3.05, 3.63) is 46.5 Å². The smallest absolute Gasteiger partial charge is 0.0389 e. The van der Waals surface area contributed by atoms with E-state index in [0.29, 0.717) is 0 Å². The molecule has 0 saturated heterocycles. The van der Waals surface area contributed by atoms with Gasteiger partial charge in [0.05, 0.1) is 0 Å². The Hall–Kier alpha value is -1.83. The van der Waals surface area contributed by atoms with Gasteiger partial charge in [0.15, 0.2) is 0 Å². The van der Waals surface area contributed by atoms with E-state index in [-0.39, 0.29) is 0 Å². The molecule has 0 amide bonds. The Morgan fingerprint density at radius 2 is 2.00 bits per heavy atom. The highest BCUT2D eigenvalue weighted by Gasteiger charge is 2.15. The molecule has 1 aromatic carbocycles. The fraction of sp³-hybridized carbons (Fsp3) is 0.450. The predicted octanol–water partition coefficient (Wildman–Crippen LogP) is 5.10. The molecule has 2 rings (SSSR count). The SMILES string of the molecule is CCCCN=Cc1cc(N(C)C)ccc1C1=C(C)C=C(C)C1. The van der Waals surface area contributed by atoms with Crippen LogP contribution < -0.4 is 4.90 Å². The van der Waals surface area contributed by atoms with Crippen molar-refractivity contribution in [2.24, 2.45) is 4.99 Å². The third-order valence-electron chi connectivity index (χ3n) is 4.14. The van der Waals surface area contributed by atoms with Crippen molar-refractivity contribution in [2.45, 2.75) is 40.0 Å². The molecule has 1 aliphatic rings. The average Bonchev–Trinajstić information content (AvgIpc) is 2.82. The molecule has 0 aliphatic heterocycles. The van der Waals surface area contributed by atoms with Gasteiger partial charge in [-0.3, -0.25) is 4.99 Å². The van der Waals surface area contributed by atoms with E-state index < -0.39 is 0 Å². The molecule has 1 aromatic rings. The second-order valence-corrected chi connectivity index (χ2v) is 6.38. The lowest BCUT2D eigenvalue weighted by atomic mass is 9.95. The van der Waals surface area contributed by atoms with Crippen LogP contribution in [0.25, 0.3) is 5.57 Å². The molecule has 0 spiro atoms. The van der Waals surface area contributed by atoms with Crippen molar-refractivity contribution in [1.82, 2.24) is 0 Å². The molecule has 0 atom stereocenters. The maximum absolute atomic E-state index is 4.62. The van der Waals surface area contributed by atoms with E-state index in [4.69, 9.17) is 0 Å². The molecule has 1 aliphatic carbocycles. The Labute approximate surface area is 135 Å². The van der Waals surface area contributed by atoms with Crippen LogP contribution in [0.2, 0.25) is 0 Å². The van der Waals surface area contributed by atoms with Gasteiger partial charge in [-0.05, 0) is 55.5 Å². The van der Waals surface area contributed by atoms with Crippen molar-refractivity contribution < 1.29 is 0 Å². The highest BCUT2D eigenvalue weighted by atomic mass is 15.1. The molecule has 0 radical (unpaired) electrons. The maximum Gasteiger partial charge on any atom is 0.0389 e. The second kappa shape index (κ2) is 7.44. The zero-order valence-corrected chi connectivity index (χ0v) is 14.6. The number of unbranched alkanes of at least 4 members (excludes halogenated alkanes) is 1. The van der Waals surface area contributed by atoms with Crippen LogP contribution in [0.1, 0.15) is 51.2 Å². The molecule has 0 saturated carbocycles. The molecular weight excluding hydrogens is 268 g/mol. The molecule has 0 unspecified atom stereocenters. The van der Waals surface area contributed by atoms with Gasteiger partial charge in [0.1, 0.15) is 0 Å². The van der Waals surface area contributed by atoms with E-state index in [1.165, 1.54) is 40.0 Å².